The molecule has 4 N–H and O–H groups in total. The molecule has 6 heteroatoms. The van der Waals surface area contributed by atoms with Gasteiger partial charge in [-0.05, 0) is 92.0 Å². The van der Waals surface area contributed by atoms with Crippen LogP contribution in [0.4, 0.5) is 11.4 Å². The van der Waals surface area contributed by atoms with E-state index in [9.17, 15) is 9.59 Å². The van der Waals surface area contributed by atoms with Gasteiger partial charge in [-0.1, -0.05) is 25.1 Å². The molecule has 1 aliphatic rings. The minimum Gasteiger partial charge on any atom is -0.462 e. The van der Waals surface area contributed by atoms with Crippen molar-refractivity contribution in [2.24, 2.45) is 11.8 Å². The van der Waals surface area contributed by atoms with Gasteiger partial charge in [0.15, 0.2) is 0 Å². The fourth-order valence-electron chi connectivity index (χ4n) is 4.39. The number of anilines is 2. The minimum atomic E-state index is -0.437. The molecule has 3 rings (SSSR count). The highest BCUT2D eigenvalue weighted by Gasteiger charge is 2.27. The molecule has 1 aliphatic carbocycles. The molecule has 0 aromatic heterocycles. The second kappa shape index (κ2) is 12.8. The zero-order chi connectivity index (χ0) is 25.2. The molecular formula is C29H36N2O4. The Morgan fingerprint density at radius 2 is 1.71 bits per heavy atom. The maximum Gasteiger partial charge on any atom is 0.330 e. The van der Waals surface area contributed by atoms with Crippen molar-refractivity contribution in [3.05, 3.63) is 72.3 Å². The van der Waals surface area contributed by atoms with Crippen molar-refractivity contribution < 1.29 is 19.1 Å². The van der Waals surface area contributed by atoms with Crippen LogP contribution in [0.1, 0.15) is 62.5 Å². The van der Waals surface area contributed by atoms with Crippen molar-refractivity contribution in [2.45, 2.75) is 51.4 Å². The highest BCUT2D eigenvalue weighted by atomic mass is 16.5. The average Bonchev–Trinajstić information content (AvgIpc) is 2.85. The molecule has 0 heterocycles. The molecule has 1 saturated carbocycles. The van der Waals surface area contributed by atoms with Gasteiger partial charge in [-0.2, -0.15) is 0 Å². The predicted molar refractivity (Wildman–Crippen MR) is 141 cm³/mol. The summed E-state index contributed by atoms with van der Waals surface area (Å²) in [4.78, 5) is 24.6. The second-order valence-corrected chi connectivity index (χ2v) is 9.37. The van der Waals surface area contributed by atoms with E-state index in [2.05, 4.69) is 6.58 Å². The van der Waals surface area contributed by atoms with Gasteiger partial charge in [0.05, 0.1) is 12.5 Å². The highest BCUT2D eigenvalue weighted by Crippen LogP contribution is 2.32. The first-order valence-corrected chi connectivity index (χ1v) is 12.3. The third-order valence-corrected chi connectivity index (χ3v) is 6.51. The van der Waals surface area contributed by atoms with Crippen molar-refractivity contribution in [1.29, 1.82) is 0 Å². The van der Waals surface area contributed by atoms with Gasteiger partial charge < -0.3 is 20.9 Å². The van der Waals surface area contributed by atoms with Crippen molar-refractivity contribution in [3.63, 3.8) is 0 Å². The lowest BCUT2D eigenvalue weighted by molar-refractivity contribution is -0.140. The number of nitrogen functional groups attached to an aromatic ring is 2. The van der Waals surface area contributed by atoms with E-state index in [1.807, 2.05) is 25.1 Å². The zero-order valence-corrected chi connectivity index (χ0v) is 20.5. The fraction of sp³-hybridized carbons (Fsp3) is 0.379. The van der Waals surface area contributed by atoms with E-state index >= 15 is 0 Å². The lowest BCUT2D eigenvalue weighted by atomic mass is 9.80. The Hall–Kier alpha value is -3.54. The molecule has 0 bridgehead atoms. The standard InChI is InChI=1S/C29H36N2O4/c1-3-4-5-21-6-11-23(12-7-21)29(33)35-27-13-8-22(9-14-27)10-15-28(32)34-19-20(2)24-16-25(30)18-26(31)17-24/h3,8-10,13-18,20-21,23H,1,4-7,11-12,19,30-31H2,2H3/b15-10+. The van der Waals surface area contributed by atoms with Gasteiger partial charge in [0.2, 0.25) is 0 Å². The van der Waals surface area contributed by atoms with E-state index in [4.69, 9.17) is 20.9 Å². The Balaban J connectivity index is 1.43. The van der Waals surface area contributed by atoms with E-state index in [0.29, 0.717) is 23.0 Å². The number of hydrogen-bond acceptors (Lipinski definition) is 6. The van der Waals surface area contributed by atoms with Gasteiger partial charge in [-0.15, -0.1) is 6.58 Å². The van der Waals surface area contributed by atoms with Crippen LogP contribution in [0.3, 0.4) is 0 Å². The monoisotopic (exact) mass is 476 g/mol. The molecule has 6 nitrogen and oxygen atoms in total. The van der Waals surface area contributed by atoms with Crippen LogP contribution in [-0.4, -0.2) is 18.5 Å². The predicted octanol–water partition coefficient (Wildman–Crippen LogP) is 5.89. The number of nitrogens with two attached hydrogens (primary N) is 2. The molecule has 0 spiro atoms. The van der Waals surface area contributed by atoms with Crippen LogP contribution in [0.2, 0.25) is 0 Å². The number of esters is 2. The van der Waals surface area contributed by atoms with Crippen LogP contribution in [0.5, 0.6) is 5.75 Å². The lowest BCUT2D eigenvalue weighted by Gasteiger charge is -2.26. The van der Waals surface area contributed by atoms with E-state index in [0.717, 1.165) is 49.7 Å². The highest BCUT2D eigenvalue weighted by molar-refractivity contribution is 5.87. The van der Waals surface area contributed by atoms with Gasteiger partial charge >= 0.3 is 11.9 Å². The number of benzene rings is 2. The molecule has 2 aromatic rings. The smallest absolute Gasteiger partial charge is 0.330 e. The summed E-state index contributed by atoms with van der Waals surface area (Å²) in [5, 5.41) is 0. The summed E-state index contributed by atoms with van der Waals surface area (Å²) in [7, 11) is 0. The number of ether oxygens (including phenoxy) is 2. The average molecular weight is 477 g/mol. The molecule has 1 fully saturated rings. The summed E-state index contributed by atoms with van der Waals surface area (Å²) < 4.78 is 10.9. The molecule has 1 unspecified atom stereocenters. The quantitative estimate of drug-likeness (QED) is 0.146. The zero-order valence-electron chi connectivity index (χ0n) is 20.5. The Labute approximate surface area is 208 Å². The number of allylic oxidation sites excluding steroid dienone is 1. The van der Waals surface area contributed by atoms with Gasteiger partial charge in [0.1, 0.15) is 5.75 Å². The minimum absolute atomic E-state index is 0.0320. The maximum atomic E-state index is 12.5. The summed E-state index contributed by atoms with van der Waals surface area (Å²) >= 11 is 0. The number of rotatable bonds is 10. The van der Waals surface area contributed by atoms with E-state index < -0.39 is 5.97 Å². The third-order valence-electron chi connectivity index (χ3n) is 6.51. The third kappa shape index (κ3) is 8.32. The fourth-order valence-corrected chi connectivity index (χ4v) is 4.39. The maximum absolute atomic E-state index is 12.5. The molecular weight excluding hydrogens is 440 g/mol. The molecule has 1 atom stereocenters. The topological polar surface area (TPSA) is 105 Å². The number of hydrogen-bond donors (Lipinski definition) is 2. The Morgan fingerprint density at radius 3 is 2.34 bits per heavy atom. The Morgan fingerprint density at radius 1 is 1.06 bits per heavy atom. The van der Waals surface area contributed by atoms with Crippen molar-refractivity contribution >= 4 is 29.4 Å². The van der Waals surface area contributed by atoms with Crippen LogP contribution < -0.4 is 16.2 Å². The molecule has 35 heavy (non-hydrogen) atoms. The van der Waals surface area contributed by atoms with Crippen molar-refractivity contribution in [1.82, 2.24) is 0 Å². The van der Waals surface area contributed by atoms with Crippen LogP contribution in [0.15, 0.2) is 61.2 Å². The van der Waals surface area contributed by atoms with Gasteiger partial charge in [0.25, 0.3) is 0 Å². The van der Waals surface area contributed by atoms with Gasteiger partial charge in [0, 0.05) is 23.4 Å². The lowest BCUT2D eigenvalue weighted by Crippen LogP contribution is -2.25. The first-order valence-electron chi connectivity index (χ1n) is 12.3. The number of carbonyl (C=O) groups excluding carboxylic acids is 2. The summed E-state index contributed by atoms with van der Waals surface area (Å²) in [6.07, 6.45) is 11.1. The summed E-state index contributed by atoms with van der Waals surface area (Å²) in [5.41, 5.74) is 14.6. The molecule has 0 saturated heterocycles. The van der Waals surface area contributed by atoms with Gasteiger partial charge in [-0.25, -0.2) is 4.79 Å². The largest absolute Gasteiger partial charge is 0.462 e. The van der Waals surface area contributed by atoms with Crippen molar-refractivity contribution in [2.75, 3.05) is 18.1 Å². The van der Waals surface area contributed by atoms with Crippen molar-refractivity contribution in [3.8, 4) is 5.75 Å². The molecule has 186 valence electrons. The van der Waals surface area contributed by atoms with Gasteiger partial charge in [-0.3, -0.25) is 4.79 Å². The van der Waals surface area contributed by atoms with Crippen LogP contribution in [0, 0.1) is 11.8 Å². The van der Waals surface area contributed by atoms with Crippen LogP contribution in [0.25, 0.3) is 6.08 Å². The first-order chi connectivity index (χ1) is 16.8. The van der Waals surface area contributed by atoms with E-state index in [1.54, 1.807) is 36.4 Å². The Bertz CT molecular complexity index is 1020. The van der Waals surface area contributed by atoms with Crippen LogP contribution >= 0.6 is 0 Å². The number of carbonyl (C=O) groups is 2. The molecule has 2 aromatic carbocycles. The van der Waals surface area contributed by atoms with E-state index in [1.165, 1.54) is 6.08 Å². The summed E-state index contributed by atoms with van der Waals surface area (Å²) in [6, 6.07) is 12.4. The Kier molecular flexibility index (Phi) is 9.53. The molecule has 0 aliphatic heterocycles. The first kappa shape index (κ1) is 26.1. The van der Waals surface area contributed by atoms with E-state index in [-0.39, 0.29) is 24.4 Å². The molecule has 0 amide bonds. The normalized spacial score (nSPS) is 18.7. The second-order valence-electron chi connectivity index (χ2n) is 9.37. The summed E-state index contributed by atoms with van der Waals surface area (Å²) in [5.74, 6) is 0.542. The van der Waals surface area contributed by atoms with Crippen LogP contribution in [-0.2, 0) is 14.3 Å². The summed E-state index contributed by atoms with van der Waals surface area (Å²) in [6.45, 7) is 5.95. The SMILES string of the molecule is C=CCCC1CCC(C(=O)Oc2ccc(/C=C/C(=O)OCC(C)c3cc(N)cc(N)c3)cc2)CC1. The molecule has 0 radical (unpaired) electrons.